The van der Waals surface area contributed by atoms with Crippen LogP contribution < -0.4 is 5.32 Å². The monoisotopic (exact) mass is 555 g/mol. The quantitative estimate of drug-likeness (QED) is 0.173. The Morgan fingerprint density at radius 1 is 0.452 bits per heavy atom. The second-order valence-electron chi connectivity index (χ2n) is 10.4. The van der Waals surface area contributed by atoms with Crippen molar-refractivity contribution in [2.45, 2.75) is 9.79 Å². The summed E-state index contributed by atoms with van der Waals surface area (Å²) in [5, 5.41) is 17.7. The van der Waals surface area contributed by atoms with Gasteiger partial charge < -0.3 is 5.32 Å². The molecule has 0 atom stereocenters. The standard InChI is InChI=1S/C38H25N3S/c1-2-8-28-24-34-29(23-27(28)7-1)9-5-10-32(34)25-15-19-30(20-16-25)40-41-31-21-17-26(18-22-31)33-11-6-14-37-38(33)39-35-12-3-4-13-36(35)42-37/h1-24,39H. The summed E-state index contributed by atoms with van der Waals surface area (Å²) in [7, 11) is 0. The van der Waals surface area contributed by atoms with E-state index in [0.717, 1.165) is 28.3 Å². The molecule has 0 bridgehead atoms. The van der Waals surface area contributed by atoms with Crippen molar-refractivity contribution in [3.8, 4) is 22.3 Å². The number of rotatable bonds is 4. The van der Waals surface area contributed by atoms with E-state index in [9.17, 15) is 0 Å². The fourth-order valence-electron chi connectivity index (χ4n) is 5.65. The zero-order valence-electron chi connectivity index (χ0n) is 22.7. The summed E-state index contributed by atoms with van der Waals surface area (Å²) in [5.74, 6) is 0. The first kappa shape index (κ1) is 24.6. The summed E-state index contributed by atoms with van der Waals surface area (Å²) in [6.45, 7) is 0. The average molecular weight is 556 g/mol. The summed E-state index contributed by atoms with van der Waals surface area (Å²) in [5.41, 5.74) is 8.65. The van der Waals surface area contributed by atoms with Crippen LogP contribution in [0.5, 0.6) is 0 Å². The molecule has 7 aromatic rings. The summed E-state index contributed by atoms with van der Waals surface area (Å²) in [6.07, 6.45) is 0. The van der Waals surface area contributed by atoms with Crippen LogP contribution in [-0.4, -0.2) is 0 Å². The van der Waals surface area contributed by atoms with Gasteiger partial charge in [-0.15, -0.1) is 0 Å². The minimum absolute atomic E-state index is 0.821. The lowest BCUT2D eigenvalue weighted by Gasteiger charge is -2.23. The highest BCUT2D eigenvalue weighted by Gasteiger charge is 2.18. The summed E-state index contributed by atoms with van der Waals surface area (Å²) in [4.78, 5) is 2.48. The second-order valence-corrected chi connectivity index (χ2v) is 11.5. The molecule has 0 saturated heterocycles. The van der Waals surface area contributed by atoms with Crippen LogP contribution in [0.15, 0.2) is 166 Å². The van der Waals surface area contributed by atoms with Gasteiger partial charge in [0.2, 0.25) is 0 Å². The molecule has 4 heteroatoms. The van der Waals surface area contributed by atoms with Crippen molar-refractivity contribution in [2.24, 2.45) is 10.2 Å². The Morgan fingerprint density at radius 2 is 1.02 bits per heavy atom. The molecule has 42 heavy (non-hydrogen) atoms. The molecular weight excluding hydrogens is 531 g/mol. The molecule has 1 N–H and O–H groups in total. The minimum atomic E-state index is 0.821. The highest BCUT2D eigenvalue weighted by molar-refractivity contribution is 7.99. The second kappa shape index (κ2) is 10.3. The molecule has 0 fully saturated rings. The Labute approximate surface area is 248 Å². The molecule has 1 aliphatic heterocycles. The van der Waals surface area contributed by atoms with Gasteiger partial charge in [-0.3, -0.25) is 0 Å². The van der Waals surface area contributed by atoms with Crippen LogP contribution in [0.1, 0.15) is 0 Å². The molecule has 1 aliphatic rings. The number of benzene rings is 7. The van der Waals surface area contributed by atoms with E-state index in [1.54, 1.807) is 11.8 Å². The lowest BCUT2D eigenvalue weighted by atomic mass is 9.95. The van der Waals surface area contributed by atoms with Crippen LogP contribution in [0.4, 0.5) is 22.7 Å². The van der Waals surface area contributed by atoms with Crippen molar-refractivity contribution in [2.75, 3.05) is 5.32 Å². The molecule has 198 valence electrons. The van der Waals surface area contributed by atoms with Gasteiger partial charge in [-0.2, -0.15) is 10.2 Å². The summed E-state index contributed by atoms with van der Waals surface area (Å²) >= 11 is 1.80. The maximum absolute atomic E-state index is 4.52. The van der Waals surface area contributed by atoms with Gasteiger partial charge in [-0.1, -0.05) is 103 Å². The molecule has 0 radical (unpaired) electrons. The Balaban J connectivity index is 1.03. The normalized spacial score (nSPS) is 12.3. The summed E-state index contributed by atoms with van der Waals surface area (Å²) < 4.78 is 0. The van der Waals surface area contributed by atoms with E-state index < -0.39 is 0 Å². The smallest absolute Gasteiger partial charge is 0.0857 e. The van der Waals surface area contributed by atoms with Crippen LogP contribution in [0.2, 0.25) is 0 Å². The number of fused-ring (bicyclic) bond motifs is 4. The number of anilines is 2. The largest absolute Gasteiger partial charge is 0.353 e. The van der Waals surface area contributed by atoms with Gasteiger partial charge in [0.1, 0.15) is 0 Å². The van der Waals surface area contributed by atoms with Crippen molar-refractivity contribution in [3.63, 3.8) is 0 Å². The van der Waals surface area contributed by atoms with E-state index in [2.05, 4.69) is 137 Å². The van der Waals surface area contributed by atoms with Gasteiger partial charge in [0.05, 0.1) is 22.7 Å². The van der Waals surface area contributed by atoms with E-state index in [1.165, 1.54) is 48.0 Å². The van der Waals surface area contributed by atoms with E-state index in [4.69, 9.17) is 0 Å². The number of hydrogen-bond donors (Lipinski definition) is 1. The van der Waals surface area contributed by atoms with Crippen molar-refractivity contribution in [1.29, 1.82) is 0 Å². The van der Waals surface area contributed by atoms with Crippen LogP contribution in [0.25, 0.3) is 43.8 Å². The van der Waals surface area contributed by atoms with E-state index >= 15 is 0 Å². The first-order valence-electron chi connectivity index (χ1n) is 14.0. The van der Waals surface area contributed by atoms with Gasteiger partial charge in [0.25, 0.3) is 0 Å². The fraction of sp³-hybridized carbons (Fsp3) is 0. The average Bonchev–Trinajstić information content (AvgIpc) is 3.05. The molecule has 0 unspecified atom stereocenters. The van der Waals surface area contributed by atoms with E-state index in [-0.39, 0.29) is 0 Å². The molecule has 1 heterocycles. The number of hydrogen-bond acceptors (Lipinski definition) is 4. The third kappa shape index (κ3) is 4.52. The fourth-order valence-corrected chi connectivity index (χ4v) is 6.67. The number of nitrogens with zero attached hydrogens (tertiary/aromatic N) is 2. The molecule has 0 aliphatic carbocycles. The van der Waals surface area contributed by atoms with E-state index in [0.29, 0.717) is 0 Å². The Kier molecular flexibility index (Phi) is 6.05. The van der Waals surface area contributed by atoms with Gasteiger partial charge in [0.15, 0.2) is 0 Å². The predicted octanol–water partition coefficient (Wildman–Crippen LogP) is 12.0. The van der Waals surface area contributed by atoms with Gasteiger partial charge in [-0.05, 0) is 92.8 Å². The Bertz CT molecular complexity index is 2130. The Hall–Kier alpha value is -5.19. The maximum Gasteiger partial charge on any atom is 0.0857 e. The van der Waals surface area contributed by atoms with Crippen LogP contribution in [0.3, 0.4) is 0 Å². The molecule has 0 spiro atoms. The molecule has 3 nitrogen and oxygen atoms in total. The first-order valence-corrected chi connectivity index (χ1v) is 14.8. The SMILES string of the molecule is c1ccc2c(c1)Nc1c(cccc1-c1ccc(N=Nc3ccc(-c4cccc5cc6ccccc6cc45)cc3)cc1)S2. The molecular formula is C38H25N3S. The minimum Gasteiger partial charge on any atom is -0.353 e. The number of para-hydroxylation sites is 2. The maximum atomic E-state index is 4.52. The highest BCUT2D eigenvalue weighted by atomic mass is 32.2. The van der Waals surface area contributed by atoms with Crippen LogP contribution in [0, 0.1) is 0 Å². The highest BCUT2D eigenvalue weighted by Crippen LogP contribution is 2.47. The lowest BCUT2D eigenvalue weighted by Crippen LogP contribution is -2.01. The molecule has 8 rings (SSSR count). The van der Waals surface area contributed by atoms with Crippen molar-refractivity contribution < 1.29 is 0 Å². The molecule has 0 amide bonds. The van der Waals surface area contributed by atoms with Crippen molar-refractivity contribution in [1.82, 2.24) is 0 Å². The zero-order chi connectivity index (χ0) is 27.9. The van der Waals surface area contributed by atoms with Gasteiger partial charge in [0, 0.05) is 15.4 Å². The zero-order valence-corrected chi connectivity index (χ0v) is 23.5. The van der Waals surface area contributed by atoms with Crippen molar-refractivity contribution in [3.05, 3.63) is 146 Å². The van der Waals surface area contributed by atoms with Gasteiger partial charge in [-0.25, -0.2) is 0 Å². The molecule has 0 aromatic heterocycles. The summed E-state index contributed by atoms with van der Waals surface area (Å²) in [6, 6.07) is 51.0. The van der Waals surface area contributed by atoms with Crippen molar-refractivity contribution >= 4 is 56.1 Å². The van der Waals surface area contributed by atoms with Gasteiger partial charge >= 0.3 is 0 Å². The predicted molar refractivity (Wildman–Crippen MR) is 177 cm³/mol. The topological polar surface area (TPSA) is 36.8 Å². The van der Waals surface area contributed by atoms with Crippen LogP contribution >= 0.6 is 11.8 Å². The third-order valence-corrected chi connectivity index (χ3v) is 8.91. The molecule has 7 aromatic carbocycles. The number of nitrogens with one attached hydrogen (secondary N) is 1. The lowest BCUT2D eigenvalue weighted by molar-refractivity contribution is 1.23. The Morgan fingerprint density at radius 3 is 1.79 bits per heavy atom. The number of azo groups is 1. The third-order valence-electron chi connectivity index (χ3n) is 7.78. The van der Waals surface area contributed by atoms with Crippen LogP contribution in [-0.2, 0) is 0 Å². The first-order chi connectivity index (χ1) is 20.8. The molecule has 0 saturated carbocycles. The van der Waals surface area contributed by atoms with E-state index in [1.807, 2.05) is 24.3 Å².